The number of carbonyl (C=O) groups excluding carboxylic acids is 1. The highest BCUT2D eigenvalue weighted by Gasteiger charge is 2.36. The number of methoxy groups -OCH3 is 1. The number of esters is 1. The summed E-state index contributed by atoms with van der Waals surface area (Å²) in [6, 6.07) is 28.5. The van der Waals surface area contributed by atoms with Crippen LogP contribution in [0.1, 0.15) is 84.9 Å². The van der Waals surface area contributed by atoms with Gasteiger partial charge in [0.05, 0.1) is 38.3 Å². The van der Waals surface area contributed by atoms with E-state index in [1.165, 1.54) is 9.87 Å². The van der Waals surface area contributed by atoms with Crippen LogP contribution in [0.4, 0.5) is 0 Å². The Morgan fingerprint density at radius 2 is 1.64 bits per heavy atom. The fourth-order valence-corrected chi connectivity index (χ4v) is 8.16. The average Bonchev–Trinajstić information content (AvgIpc) is 3.63. The number of unbranched alkanes of at least 4 members (excludes halogenated alkanes) is 2. The van der Waals surface area contributed by atoms with Gasteiger partial charge in [0, 0.05) is 37.3 Å². The number of fused-ring (bicyclic) bond motifs is 1. The molecule has 0 bridgehead atoms. The maximum Gasteiger partial charge on any atom is 0.388 e. The highest BCUT2D eigenvalue weighted by Crippen LogP contribution is 2.39. The van der Waals surface area contributed by atoms with Crippen LogP contribution in [0.3, 0.4) is 0 Å². The van der Waals surface area contributed by atoms with Crippen LogP contribution in [-0.4, -0.2) is 60.6 Å². The minimum atomic E-state index is -4.23. The van der Waals surface area contributed by atoms with Crippen molar-refractivity contribution in [3.8, 4) is 5.75 Å². The van der Waals surface area contributed by atoms with Crippen LogP contribution in [0.5, 0.6) is 5.75 Å². The van der Waals surface area contributed by atoms with Crippen LogP contribution in [-0.2, 0) is 53.3 Å². The smallest absolute Gasteiger partial charge is 0.388 e. The third kappa shape index (κ3) is 9.94. The van der Waals surface area contributed by atoms with Gasteiger partial charge in [-0.3, -0.25) is 4.79 Å². The van der Waals surface area contributed by atoms with Crippen molar-refractivity contribution in [2.75, 3.05) is 26.9 Å². The van der Waals surface area contributed by atoms with Crippen LogP contribution in [0.25, 0.3) is 11.0 Å². The monoisotopic (exact) mass is 782 g/mol. The lowest BCUT2D eigenvalue weighted by Gasteiger charge is -2.31. The van der Waals surface area contributed by atoms with Crippen molar-refractivity contribution >= 4 is 27.3 Å². The Morgan fingerprint density at radius 1 is 0.911 bits per heavy atom. The van der Waals surface area contributed by atoms with Gasteiger partial charge in [-0.15, -0.1) is 5.10 Å². The molecule has 1 aliphatic rings. The number of hydrogen-bond donors (Lipinski definition) is 0. The topological polar surface area (TPSA) is 131 Å². The van der Waals surface area contributed by atoms with Gasteiger partial charge in [0.2, 0.25) is 0 Å². The predicted octanol–water partition coefficient (Wildman–Crippen LogP) is 7.92. The minimum absolute atomic E-state index is 0.0285. The number of nitrogens with zero attached hydrogens (tertiary/aromatic N) is 4. The van der Waals surface area contributed by atoms with E-state index in [0.717, 1.165) is 59.1 Å². The second kappa shape index (κ2) is 19.1. The molecule has 0 fully saturated rings. The van der Waals surface area contributed by atoms with Gasteiger partial charge in [-0.05, 0) is 86.1 Å². The van der Waals surface area contributed by atoms with Crippen LogP contribution in [0.2, 0.25) is 0 Å². The summed E-state index contributed by atoms with van der Waals surface area (Å²) in [5, 5.41) is 9.06. The van der Waals surface area contributed by atoms with Crippen molar-refractivity contribution < 1.29 is 36.3 Å². The zero-order valence-corrected chi connectivity index (χ0v) is 33.2. The molecule has 56 heavy (non-hydrogen) atoms. The molecule has 6 rings (SSSR count). The van der Waals surface area contributed by atoms with E-state index in [2.05, 4.69) is 22.4 Å². The molecule has 0 amide bonds. The lowest BCUT2D eigenvalue weighted by Crippen LogP contribution is -2.38. The molecule has 5 aromatic rings. The first-order chi connectivity index (χ1) is 27.2. The summed E-state index contributed by atoms with van der Waals surface area (Å²) >= 11 is 0. The molecule has 0 aliphatic carbocycles. The van der Waals surface area contributed by atoms with Crippen LogP contribution >= 0.6 is 0 Å². The first-order valence-electron chi connectivity index (χ1n) is 19.0. The zero-order chi connectivity index (χ0) is 39.5. The molecule has 0 N–H and O–H groups in total. The SMILES string of the molecule is CCOC(=O)CC(c1ccc(OC)c(C(C)N2CC=C(OCc3ccccc3)OS2(=O)=O)c1)c1ccc2c(nnn2CCCCCOCc2ccccc2)c1C. The van der Waals surface area contributed by atoms with Crippen LogP contribution in [0, 0.1) is 6.92 Å². The standard InChI is InChI=1S/C43H50N4O8S/c1-5-53-41(48)28-38(36-20-21-39-43(31(36)2)44-45-46(39)24-13-8-14-26-52-29-33-15-9-6-10-16-33)35-19-22-40(51-4)37(27-35)32(3)47-25-23-42(55-56(47,49)50)54-30-34-17-11-7-12-18-34/h6-7,9-12,15-23,27,32,38H,5,8,13-14,24-26,28-30H2,1-4H3. The Morgan fingerprint density at radius 3 is 2.34 bits per heavy atom. The highest BCUT2D eigenvalue weighted by atomic mass is 32.2. The van der Waals surface area contributed by atoms with Gasteiger partial charge in [-0.2, -0.15) is 12.7 Å². The molecule has 13 heteroatoms. The third-order valence-corrected chi connectivity index (χ3v) is 11.4. The van der Waals surface area contributed by atoms with Crippen molar-refractivity contribution in [2.45, 2.75) is 78.2 Å². The van der Waals surface area contributed by atoms with Gasteiger partial charge in [0.1, 0.15) is 17.9 Å². The van der Waals surface area contributed by atoms with E-state index >= 15 is 0 Å². The molecular formula is C43H50N4O8S. The lowest BCUT2D eigenvalue weighted by molar-refractivity contribution is -0.143. The Labute approximate surface area is 329 Å². The van der Waals surface area contributed by atoms with E-state index in [9.17, 15) is 13.2 Å². The van der Waals surface area contributed by atoms with Crippen LogP contribution in [0.15, 0.2) is 103 Å². The molecule has 0 spiro atoms. The quantitative estimate of drug-likeness (QED) is 0.0602. The van der Waals surface area contributed by atoms with Crippen molar-refractivity contribution in [1.29, 1.82) is 0 Å². The van der Waals surface area contributed by atoms with Crippen LogP contribution < -0.4 is 4.74 Å². The second-order valence-electron chi connectivity index (χ2n) is 13.7. The molecule has 0 saturated heterocycles. The summed E-state index contributed by atoms with van der Waals surface area (Å²) in [7, 11) is -2.69. The Hall–Kier alpha value is -5.24. The molecule has 0 radical (unpaired) electrons. The summed E-state index contributed by atoms with van der Waals surface area (Å²) in [5.41, 5.74) is 6.95. The Bertz CT molecular complexity index is 2210. The Balaban J connectivity index is 1.19. The van der Waals surface area contributed by atoms with E-state index in [0.29, 0.717) is 24.5 Å². The molecule has 0 saturated carbocycles. The van der Waals surface area contributed by atoms with Crippen molar-refractivity contribution in [3.63, 3.8) is 0 Å². The molecule has 12 nitrogen and oxygen atoms in total. The van der Waals surface area contributed by atoms with E-state index in [4.69, 9.17) is 23.1 Å². The second-order valence-corrected chi connectivity index (χ2v) is 15.2. The van der Waals surface area contributed by atoms with Gasteiger partial charge in [0.15, 0.2) is 0 Å². The van der Waals surface area contributed by atoms with E-state index < -0.39 is 22.3 Å². The molecule has 1 aliphatic heterocycles. The summed E-state index contributed by atoms with van der Waals surface area (Å²) in [6.07, 6.45) is 4.56. The van der Waals surface area contributed by atoms with Crippen molar-refractivity contribution in [1.82, 2.24) is 19.3 Å². The minimum Gasteiger partial charge on any atom is -0.496 e. The molecule has 2 unspecified atom stereocenters. The molecule has 4 aromatic carbocycles. The van der Waals surface area contributed by atoms with Crippen molar-refractivity contribution in [2.24, 2.45) is 0 Å². The van der Waals surface area contributed by atoms with Gasteiger partial charge in [-0.25, -0.2) is 4.68 Å². The molecule has 2 atom stereocenters. The van der Waals surface area contributed by atoms with Gasteiger partial charge in [-0.1, -0.05) is 78.0 Å². The maximum absolute atomic E-state index is 13.5. The third-order valence-electron chi connectivity index (χ3n) is 9.98. The first kappa shape index (κ1) is 40.4. The van der Waals surface area contributed by atoms with Gasteiger partial charge in [0.25, 0.3) is 5.95 Å². The number of aryl methyl sites for hydroxylation is 2. The fourth-order valence-electron chi connectivity index (χ4n) is 6.98. The van der Waals surface area contributed by atoms with Gasteiger partial charge < -0.3 is 23.1 Å². The first-order valence-corrected chi connectivity index (χ1v) is 20.4. The number of ether oxygens (including phenoxy) is 4. The summed E-state index contributed by atoms with van der Waals surface area (Å²) in [5.74, 6) is -0.346. The average molecular weight is 783 g/mol. The summed E-state index contributed by atoms with van der Waals surface area (Å²) in [4.78, 5) is 13.1. The fraction of sp³-hybridized carbons (Fsp3) is 0.372. The summed E-state index contributed by atoms with van der Waals surface area (Å²) < 4.78 is 58.2. The number of benzene rings is 4. The van der Waals surface area contributed by atoms with Crippen molar-refractivity contribution in [3.05, 3.63) is 136 Å². The molecular weight excluding hydrogens is 733 g/mol. The lowest BCUT2D eigenvalue weighted by atomic mass is 9.84. The molecule has 1 aromatic heterocycles. The predicted molar refractivity (Wildman–Crippen MR) is 213 cm³/mol. The Kier molecular flexibility index (Phi) is 13.8. The van der Waals surface area contributed by atoms with E-state index in [1.54, 1.807) is 33.1 Å². The van der Waals surface area contributed by atoms with E-state index in [-0.39, 0.29) is 38.1 Å². The number of hydrogen-bond acceptors (Lipinski definition) is 10. The van der Waals surface area contributed by atoms with Gasteiger partial charge >= 0.3 is 16.3 Å². The molecule has 2 heterocycles. The normalized spacial score (nSPS) is 15.1. The summed E-state index contributed by atoms with van der Waals surface area (Å²) in [6.45, 7) is 8.03. The number of aromatic nitrogens is 3. The highest BCUT2D eigenvalue weighted by molar-refractivity contribution is 7.84. The number of carbonyl (C=O) groups is 1. The number of rotatable bonds is 19. The maximum atomic E-state index is 13.5. The van der Waals surface area contributed by atoms with E-state index in [1.807, 2.05) is 84.4 Å². The zero-order valence-electron chi connectivity index (χ0n) is 32.4. The largest absolute Gasteiger partial charge is 0.496 e. The molecule has 296 valence electrons.